The molecule has 1 saturated heterocycles. The Morgan fingerprint density at radius 2 is 1.73 bits per heavy atom. The lowest BCUT2D eigenvalue weighted by molar-refractivity contribution is -0.128. The summed E-state index contributed by atoms with van der Waals surface area (Å²) >= 11 is 1.22. The Bertz CT molecular complexity index is 1070. The van der Waals surface area contributed by atoms with Gasteiger partial charge in [-0.25, -0.2) is 13.4 Å². The van der Waals surface area contributed by atoms with Crippen molar-refractivity contribution < 1.29 is 17.6 Å². The molecule has 1 amide bonds. The van der Waals surface area contributed by atoms with E-state index in [-0.39, 0.29) is 29.2 Å². The zero-order chi connectivity index (χ0) is 21.1. The Balaban J connectivity index is 1.52. The third-order valence-electron chi connectivity index (χ3n) is 5.16. The molecule has 1 aliphatic heterocycles. The van der Waals surface area contributed by atoms with Crippen molar-refractivity contribution in [3.05, 3.63) is 60.7 Å². The van der Waals surface area contributed by atoms with Gasteiger partial charge in [0.2, 0.25) is 5.91 Å². The molecule has 3 aromatic rings. The Morgan fingerprint density at radius 1 is 1.10 bits per heavy atom. The predicted molar refractivity (Wildman–Crippen MR) is 118 cm³/mol. The van der Waals surface area contributed by atoms with Crippen LogP contribution in [-0.2, 0) is 14.6 Å². The standard InChI is InChI=1S/C22H22N2O4S2/c1-24(18-12-13-30(26,27)15-18)19(25)14-29-22-23-20(16-8-4-2-5-9-16)21(28-22)17-10-6-3-7-11-17/h2-11,18H,12-15H2,1H3/t18-/m0/s1. The topological polar surface area (TPSA) is 80.5 Å². The lowest BCUT2D eigenvalue weighted by Gasteiger charge is -2.22. The maximum atomic E-state index is 12.6. The number of hydrogen-bond acceptors (Lipinski definition) is 6. The van der Waals surface area contributed by atoms with Gasteiger partial charge in [-0.05, 0) is 6.42 Å². The maximum absolute atomic E-state index is 12.6. The number of carbonyl (C=O) groups is 1. The van der Waals surface area contributed by atoms with Crippen molar-refractivity contribution in [1.29, 1.82) is 0 Å². The first-order chi connectivity index (χ1) is 14.4. The summed E-state index contributed by atoms with van der Waals surface area (Å²) in [5.41, 5.74) is 2.58. The zero-order valence-corrected chi connectivity index (χ0v) is 18.2. The number of carbonyl (C=O) groups excluding carboxylic acids is 1. The van der Waals surface area contributed by atoms with Crippen LogP contribution in [0, 0.1) is 0 Å². The minimum Gasteiger partial charge on any atom is -0.431 e. The molecule has 1 atom stereocenters. The monoisotopic (exact) mass is 442 g/mol. The number of benzene rings is 2. The highest BCUT2D eigenvalue weighted by Gasteiger charge is 2.32. The van der Waals surface area contributed by atoms with Crippen molar-refractivity contribution in [2.75, 3.05) is 24.3 Å². The lowest BCUT2D eigenvalue weighted by Crippen LogP contribution is -2.38. The van der Waals surface area contributed by atoms with Crippen molar-refractivity contribution in [3.63, 3.8) is 0 Å². The van der Waals surface area contributed by atoms with E-state index < -0.39 is 9.84 Å². The summed E-state index contributed by atoms with van der Waals surface area (Å²) in [5, 5.41) is 0.411. The van der Waals surface area contributed by atoms with Gasteiger partial charge in [0.05, 0.1) is 17.3 Å². The first-order valence-electron chi connectivity index (χ1n) is 9.63. The molecule has 0 spiro atoms. The smallest absolute Gasteiger partial charge is 0.257 e. The number of thioether (sulfide) groups is 1. The molecule has 2 heterocycles. The Morgan fingerprint density at radius 3 is 2.33 bits per heavy atom. The van der Waals surface area contributed by atoms with Gasteiger partial charge in [-0.15, -0.1) is 0 Å². The number of oxazole rings is 1. The Kier molecular flexibility index (Phi) is 5.97. The Labute approximate surface area is 180 Å². The molecule has 0 aliphatic carbocycles. The summed E-state index contributed by atoms with van der Waals surface area (Å²) in [7, 11) is -1.37. The van der Waals surface area contributed by atoms with E-state index in [0.29, 0.717) is 17.4 Å². The molecule has 1 aromatic heterocycles. The zero-order valence-electron chi connectivity index (χ0n) is 16.5. The van der Waals surface area contributed by atoms with Gasteiger partial charge in [-0.2, -0.15) is 0 Å². The van der Waals surface area contributed by atoms with Gasteiger partial charge in [0.15, 0.2) is 15.6 Å². The number of amides is 1. The van der Waals surface area contributed by atoms with Gasteiger partial charge in [-0.3, -0.25) is 4.79 Å². The summed E-state index contributed by atoms with van der Waals surface area (Å²) in [6.45, 7) is 0. The van der Waals surface area contributed by atoms with E-state index in [9.17, 15) is 13.2 Å². The normalized spacial score (nSPS) is 17.7. The highest BCUT2D eigenvalue weighted by molar-refractivity contribution is 7.99. The molecule has 1 aliphatic rings. The molecule has 1 fully saturated rings. The van der Waals surface area contributed by atoms with Gasteiger partial charge in [0, 0.05) is 24.2 Å². The van der Waals surface area contributed by atoms with Crippen LogP contribution in [-0.4, -0.2) is 54.6 Å². The molecule has 0 N–H and O–H groups in total. The molecule has 2 aromatic carbocycles. The SMILES string of the molecule is CN(C(=O)CSc1nc(-c2ccccc2)c(-c2ccccc2)o1)[C@H]1CCS(=O)(=O)C1. The van der Waals surface area contributed by atoms with E-state index in [1.165, 1.54) is 16.7 Å². The molecular weight excluding hydrogens is 420 g/mol. The molecule has 4 rings (SSSR count). The van der Waals surface area contributed by atoms with Crippen molar-refractivity contribution in [3.8, 4) is 22.6 Å². The molecule has 30 heavy (non-hydrogen) atoms. The first-order valence-corrected chi connectivity index (χ1v) is 12.4. The fourth-order valence-electron chi connectivity index (χ4n) is 3.45. The van der Waals surface area contributed by atoms with E-state index in [4.69, 9.17) is 4.42 Å². The molecule has 6 nitrogen and oxygen atoms in total. The van der Waals surface area contributed by atoms with Crippen LogP contribution >= 0.6 is 11.8 Å². The van der Waals surface area contributed by atoms with Crippen molar-refractivity contribution in [1.82, 2.24) is 9.88 Å². The van der Waals surface area contributed by atoms with Crippen molar-refractivity contribution in [2.24, 2.45) is 0 Å². The second-order valence-corrected chi connectivity index (χ2v) is 10.4. The number of sulfone groups is 1. The molecule has 0 bridgehead atoms. The van der Waals surface area contributed by atoms with Gasteiger partial charge in [-0.1, -0.05) is 72.4 Å². The predicted octanol–water partition coefficient (Wildman–Crippen LogP) is 3.75. The fraction of sp³-hybridized carbons (Fsp3) is 0.273. The van der Waals surface area contributed by atoms with E-state index in [0.717, 1.165) is 16.8 Å². The summed E-state index contributed by atoms with van der Waals surface area (Å²) in [6.07, 6.45) is 0.491. The van der Waals surface area contributed by atoms with E-state index in [1.54, 1.807) is 7.05 Å². The lowest BCUT2D eigenvalue weighted by atomic mass is 10.1. The van der Waals surface area contributed by atoms with Gasteiger partial charge < -0.3 is 9.32 Å². The molecule has 156 valence electrons. The number of aromatic nitrogens is 1. The number of rotatable bonds is 6. The van der Waals surface area contributed by atoms with E-state index in [2.05, 4.69) is 4.98 Å². The second-order valence-electron chi connectivity index (χ2n) is 7.24. The molecular formula is C22H22N2O4S2. The summed E-state index contributed by atoms with van der Waals surface area (Å²) in [4.78, 5) is 18.8. The van der Waals surface area contributed by atoms with Crippen LogP contribution < -0.4 is 0 Å². The fourth-order valence-corrected chi connectivity index (χ4v) is 5.97. The van der Waals surface area contributed by atoms with Gasteiger partial charge >= 0.3 is 0 Å². The maximum Gasteiger partial charge on any atom is 0.257 e. The first kappa shape index (κ1) is 20.7. The highest BCUT2D eigenvalue weighted by atomic mass is 32.2. The molecule has 0 unspecified atom stereocenters. The number of nitrogens with zero attached hydrogens (tertiary/aromatic N) is 2. The van der Waals surface area contributed by atoms with Crippen LogP contribution in [0.4, 0.5) is 0 Å². The van der Waals surface area contributed by atoms with Gasteiger partial charge in [0.1, 0.15) is 5.69 Å². The van der Waals surface area contributed by atoms with Crippen LogP contribution in [0.3, 0.4) is 0 Å². The van der Waals surface area contributed by atoms with Crippen LogP contribution in [0.25, 0.3) is 22.6 Å². The highest BCUT2D eigenvalue weighted by Crippen LogP contribution is 2.35. The minimum atomic E-state index is -3.04. The summed E-state index contributed by atoms with van der Waals surface area (Å²) in [6, 6.07) is 19.3. The van der Waals surface area contributed by atoms with Crippen LogP contribution in [0.5, 0.6) is 0 Å². The second kappa shape index (κ2) is 8.65. The van der Waals surface area contributed by atoms with E-state index in [1.807, 2.05) is 60.7 Å². The minimum absolute atomic E-state index is 0.0369. The summed E-state index contributed by atoms with van der Waals surface area (Å²) < 4.78 is 29.4. The average Bonchev–Trinajstić information content (AvgIpc) is 3.36. The van der Waals surface area contributed by atoms with Crippen LogP contribution in [0.1, 0.15) is 6.42 Å². The third kappa shape index (κ3) is 4.60. The average molecular weight is 443 g/mol. The third-order valence-corrected chi connectivity index (χ3v) is 7.72. The van der Waals surface area contributed by atoms with Crippen LogP contribution in [0.2, 0.25) is 0 Å². The summed E-state index contributed by atoms with van der Waals surface area (Å²) in [5.74, 6) is 0.837. The van der Waals surface area contributed by atoms with E-state index >= 15 is 0 Å². The van der Waals surface area contributed by atoms with Gasteiger partial charge in [0.25, 0.3) is 5.22 Å². The van der Waals surface area contributed by atoms with Crippen LogP contribution in [0.15, 0.2) is 70.3 Å². The molecule has 0 radical (unpaired) electrons. The largest absolute Gasteiger partial charge is 0.431 e. The quantitative estimate of drug-likeness (QED) is 0.541. The van der Waals surface area contributed by atoms with Crippen molar-refractivity contribution >= 4 is 27.5 Å². The van der Waals surface area contributed by atoms with Crippen molar-refractivity contribution in [2.45, 2.75) is 17.7 Å². The molecule has 0 saturated carbocycles. The number of hydrogen-bond donors (Lipinski definition) is 0. The Hall–Kier alpha value is -2.58. The molecule has 8 heteroatoms.